The number of hydrogen-bond acceptors (Lipinski definition) is 3. The van der Waals surface area contributed by atoms with Crippen LogP contribution in [0.5, 0.6) is 0 Å². The van der Waals surface area contributed by atoms with E-state index in [0.29, 0.717) is 28.1 Å². The van der Waals surface area contributed by atoms with Gasteiger partial charge >= 0.3 is 5.69 Å². The highest BCUT2D eigenvalue weighted by Gasteiger charge is 2.07. The van der Waals surface area contributed by atoms with E-state index in [-0.39, 0.29) is 12.1 Å². The van der Waals surface area contributed by atoms with Gasteiger partial charge in [-0.15, -0.1) is 0 Å². The number of aromatic nitrogens is 2. The molecule has 0 fully saturated rings. The van der Waals surface area contributed by atoms with Crippen molar-refractivity contribution in [2.24, 2.45) is 0 Å². The SMILES string of the molecule is CCc1cn(Cc2ccc(C#N)cc2Cl)c(=O)[nH]c1=O. The van der Waals surface area contributed by atoms with Gasteiger partial charge in [-0.2, -0.15) is 5.26 Å². The van der Waals surface area contributed by atoms with E-state index in [1.807, 2.05) is 13.0 Å². The Morgan fingerprint density at radius 3 is 2.70 bits per heavy atom. The molecular weight excluding hydrogens is 278 g/mol. The van der Waals surface area contributed by atoms with Crippen LogP contribution in [0.4, 0.5) is 0 Å². The van der Waals surface area contributed by atoms with Crippen molar-refractivity contribution in [3.8, 4) is 6.07 Å². The maximum absolute atomic E-state index is 11.8. The quantitative estimate of drug-likeness (QED) is 0.933. The van der Waals surface area contributed by atoms with E-state index >= 15 is 0 Å². The molecule has 1 N–H and O–H groups in total. The fourth-order valence-electron chi connectivity index (χ4n) is 1.85. The molecule has 102 valence electrons. The van der Waals surface area contributed by atoms with Gasteiger partial charge in [-0.3, -0.25) is 14.3 Å². The molecule has 1 aromatic heterocycles. The van der Waals surface area contributed by atoms with Crippen LogP contribution < -0.4 is 11.2 Å². The molecule has 0 saturated heterocycles. The topological polar surface area (TPSA) is 78.7 Å². The first-order valence-corrected chi connectivity index (χ1v) is 6.44. The van der Waals surface area contributed by atoms with Gasteiger partial charge in [-0.05, 0) is 24.1 Å². The summed E-state index contributed by atoms with van der Waals surface area (Å²) in [7, 11) is 0. The molecule has 0 aliphatic heterocycles. The average Bonchev–Trinajstić information content (AvgIpc) is 2.43. The predicted molar refractivity (Wildman–Crippen MR) is 76.0 cm³/mol. The number of nitriles is 1. The summed E-state index contributed by atoms with van der Waals surface area (Å²) in [6, 6.07) is 6.88. The van der Waals surface area contributed by atoms with Crippen molar-refractivity contribution in [3.05, 3.63) is 66.9 Å². The van der Waals surface area contributed by atoms with E-state index in [2.05, 4.69) is 4.98 Å². The minimum Gasteiger partial charge on any atom is -0.296 e. The van der Waals surface area contributed by atoms with Crippen LogP contribution in [-0.2, 0) is 13.0 Å². The summed E-state index contributed by atoms with van der Waals surface area (Å²) in [5.74, 6) is 0. The van der Waals surface area contributed by atoms with Gasteiger partial charge in [0.25, 0.3) is 5.56 Å². The van der Waals surface area contributed by atoms with Crippen LogP contribution in [0.25, 0.3) is 0 Å². The standard InChI is InChI=1S/C14H12ClN3O2/c1-2-10-7-18(14(20)17-13(10)19)8-11-4-3-9(6-16)5-12(11)15/h3-5,7H,2,8H2,1H3,(H,17,19,20). The van der Waals surface area contributed by atoms with Gasteiger partial charge in [0.1, 0.15) is 0 Å². The lowest BCUT2D eigenvalue weighted by Gasteiger charge is -2.08. The molecule has 0 unspecified atom stereocenters. The van der Waals surface area contributed by atoms with Crippen molar-refractivity contribution in [2.75, 3.05) is 0 Å². The number of nitrogens with zero attached hydrogens (tertiary/aromatic N) is 2. The third-order valence-electron chi connectivity index (χ3n) is 2.99. The second kappa shape index (κ2) is 5.76. The third-order valence-corrected chi connectivity index (χ3v) is 3.34. The maximum Gasteiger partial charge on any atom is 0.328 e. The molecule has 20 heavy (non-hydrogen) atoms. The normalized spacial score (nSPS) is 10.2. The van der Waals surface area contributed by atoms with Crippen LogP contribution in [0.1, 0.15) is 23.6 Å². The number of benzene rings is 1. The first-order valence-electron chi connectivity index (χ1n) is 6.06. The molecule has 6 heteroatoms. The van der Waals surface area contributed by atoms with Gasteiger partial charge in [-0.25, -0.2) is 4.79 Å². The Labute approximate surface area is 120 Å². The first-order chi connectivity index (χ1) is 9.55. The summed E-state index contributed by atoms with van der Waals surface area (Å²) in [5.41, 5.74) is 0.866. The monoisotopic (exact) mass is 289 g/mol. The Balaban J connectivity index is 2.43. The molecule has 0 aliphatic rings. The summed E-state index contributed by atoms with van der Waals surface area (Å²) in [6.45, 7) is 2.08. The molecule has 0 radical (unpaired) electrons. The van der Waals surface area contributed by atoms with Gasteiger partial charge in [0.2, 0.25) is 0 Å². The summed E-state index contributed by atoms with van der Waals surface area (Å²) >= 11 is 6.08. The van der Waals surface area contributed by atoms with E-state index in [9.17, 15) is 9.59 Å². The average molecular weight is 290 g/mol. The molecule has 5 nitrogen and oxygen atoms in total. The number of H-pyrrole nitrogens is 1. The van der Waals surface area contributed by atoms with E-state index in [4.69, 9.17) is 16.9 Å². The number of nitrogens with one attached hydrogen (secondary N) is 1. The fraction of sp³-hybridized carbons (Fsp3) is 0.214. The highest BCUT2D eigenvalue weighted by atomic mass is 35.5. The summed E-state index contributed by atoms with van der Waals surface area (Å²) in [6.07, 6.45) is 2.08. The van der Waals surface area contributed by atoms with Crippen LogP contribution in [0.15, 0.2) is 34.0 Å². The van der Waals surface area contributed by atoms with Gasteiger partial charge < -0.3 is 0 Å². The van der Waals surface area contributed by atoms with Gasteiger partial charge in [0.15, 0.2) is 0 Å². The van der Waals surface area contributed by atoms with Crippen molar-refractivity contribution in [1.82, 2.24) is 9.55 Å². The summed E-state index contributed by atoms with van der Waals surface area (Å²) in [5, 5.41) is 9.20. The molecule has 0 bridgehead atoms. The molecule has 1 heterocycles. The lowest BCUT2D eigenvalue weighted by Crippen LogP contribution is -2.31. The molecule has 2 aromatic rings. The number of halogens is 1. The van der Waals surface area contributed by atoms with Crippen LogP contribution in [0, 0.1) is 11.3 Å². The number of rotatable bonds is 3. The van der Waals surface area contributed by atoms with Crippen molar-refractivity contribution in [3.63, 3.8) is 0 Å². The van der Waals surface area contributed by atoms with Crippen LogP contribution >= 0.6 is 11.6 Å². The second-order valence-electron chi connectivity index (χ2n) is 4.31. The first kappa shape index (κ1) is 14.1. The second-order valence-corrected chi connectivity index (χ2v) is 4.72. The molecular formula is C14H12ClN3O2. The van der Waals surface area contributed by atoms with E-state index in [1.54, 1.807) is 18.2 Å². The number of aryl methyl sites for hydroxylation is 1. The van der Waals surface area contributed by atoms with E-state index in [1.165, 1.54) is 10.8 Å². The Morgan fingerprint density at radius 2 is 2.10 bits per heavy atom. The zero-order chi connectivity index (χ0) is 14.7. The number of hydrogen-bond donors (Lipinski definition) is 1. The van der Waals surface area contributed by atoms with Crippen LogP contribution in [0.2, 0.25) is 5.02 Å². The molecule has 0 atom stereocenters. The lowest BCUT2D eigenvalue weighted by atomic mass is 10.1. The van der Waals surface area contributed by atoms with Gasteiger partial charge in [0, 0.05) is 16.8 Å². The van der Waals surface area contributed by atoms with Crippen LogP contribution in [0.3, 0.4) is 0 Å². The van der Waals surface area contributed by atoms with Gasteiger partial charge in [-0.1, -0.05) is 24.6 Å². The zero-order valence-electron chi connectivity index (χ0n) is 10.8. The van der Waals surface area contributed by atoms with Crippen LogP contribution in [-0.4, -0.2) is 9.55 Å². The molecule has 0 aliphatic carbocycles. The Kier molecular flexibility index (Phi) is 4.06. The largest absolute Gasteiger partial charge is 0.328 e. The van der Waals surface area contributed by atoms with Crippen molar-refractivity contribution in [1.29, 1.82) is 5.26 Å². The highest BCUT2D eigenvalue weighted by molar-refractivity contribution is 6.31. The molecule has 1 aromatic carbocycles. The third kappa shape index (κ3) is 2.81. The molecule has 0 spiro atoms. The summed E-state index contributed by atoms with van der Waals surface area (Å²) < 4.78 is 1.40. The van der Waals surface area contributed by atoms with Crippen molar-refractivity contribution < 1.29 is 0 Å². The van der Waals surface area contributed by atoms with E-state index in [0.717, 1.165) is 0 Å². The smallest absolute Gasteiger partial charge is 0.296 e. The van der Waals surface area contributed by atoms with Crippen molar-refractivity contribution in [2.45, 2.75) is 19.9 Å². The zero-order valence-corrected chi connectivity index (χ0v) is 11.6. The Hall–Kier alpha value is -2.32. The molecule has 2 rings (SSSR count). The highest BCUT2D eigenvalue weighted by Crippen LogP contribution is 2.18. The Morgan fingerprint density at radius 1 is 1.35 bits per heavy atom. The van der Waals surface area contributed by atoms with Crippen molar-refractivity contribution >= 4 is 11.6 Å². The van der Waals surface area contributed by atoms with Gasteiger partial charge in [0.05, 0.1) is 18.2 Å². The molecule has 0 amide bonds. The predicted octanol–water partition coefficient (Wildman–Crippen LogP) is 1.67. The maximum atomic E-state index is 11.8. The Bertz CT molecular complexity index is 799. The minimum absolute atomic E-state index is 0.243. The van der Waals surface area contributed by atoms with E-state index < -0.39 is 5.69 Å². The minimum atomic E-state index is -0.479. The molecule has 0 saturated carbocycles. The summed E-state index contributed by atoms with van der Waals surface area (Å²) in [4.78, 5) is 25.5. The fourth-order valence-corrected chi connectivity index (χ4v) is 2.09. The lowest BCUT2D eigenvalue weighted by molar-refractivity contribution is 0.708. The number of aromatic amines is 1.